The summed E-state index contributed by atoms with van der Waals surface area (Å²) < 4.78 is 0. The quantitative estimate of drug-likeness (QED) is 0.716. The average molecular weight is 276 g/mol. The number of para-hydroxylation sites is 1. The number of aromatic nitrogens is 1. The van der Waals surface area contributed by atoms with Gasteiger partial charge >= 0.3 is 0 Å². The lowest BCUT2D eigenvalue weighted by atomic mass is 9.98. The van der Waals surface area contributed by atoms with Gasteiger partial charge < -0.3 is 10.4 Å². The molecule has 4 rings (SSSR count). The van der Waals surface area contributed by atoms with E-state index < -0.39 is 5.72 Å². The molecule has 2 N–H and O–H groups in total. The number of hydrogen-bond donors (Lipinski definition) is 2. The van der Waals surface area contributed by atoms with Gasteiger partial charge in [0.1, 0.15) is 0 Å². The van der Waals surface area contributed by atoms with E-state index >= 15 is 0 Å². The van der Waals surface area contributed by atoms with Crippen LogP contribution >= 0.6 is 0 Å². The van der Waals surface area contributed by atoms with Crippen molar-refractivity contribution in [2.24, 2.45) is 0 Å². The van der Waals surface area contributed by atoms with Gasteiger partial charge in [-0.1, -0.05) is 42.5 Å². The van der Waals surface area contributed by atoms with Crippen LogP contribution in [0.3, 0.4) is 0 Å². The first-order valence-electron chi connectivity index (χ1n) is 6.69. The number of nitrogens with one attached hydrogen (secondary N) is 1. The molecular formula is C17H12N2O2. The van der Waals surface area contributed by atoms with Crippen LogP contribution in [-0.2, 0) is 5.72 Å². The van der Waals surface area contributed by atoms with Crippen LogP contribution in [-0.4, -0.2) is 16.0 Å². The van der Waals surface area contributed by atoms with Gasteiger partial charge in [-0.3, -0.25) is 4.79 Å². The van der Waals surface area contributed by atoms with Gasteiger partial charge in [-0.15, -0.1) is 0 Å². The maximum atomic E-state index is 12.0. The van der Waals surface area contributed by atoms with E-state index in [2.05, 4.69) is 10.3 Å². The van der Waals surface area contributed by atoms with E-state index in [1.165, 1.54) is 0 Å². The minimum absolute atomic E-state index is 0.289. The molecule has 1 aliphatic heterocycles. The first-order chi connectivity index (χ1) is 10.2. The summed E-state index contributed by atoms with van der Waals surface area (Å²) in [6, 6.07) is 18.3. The number of fused-ring (bicyclic) bond motifs is 2. The summed E-state index contributed by atoms with van der Waals surface area (Å²) in [5.41, 5.74) is 0.645. The van der Waals surface area contributed by atoms with E-state index in [0.29, 0.717) is 16.8 Å². The number of amides is 1. The Kier molecular flexibility index (Phi) is 2.37. The first-order valence-corrected chi connectivity index (χ1v) is 6.69. The lowest BCUT2D eigenvalue weighted by Crippen LogP contribution is -2.40. The summed E-state index contributed by atoms with van der Waals surface area (Å²) in [6.07, 6.45) is 0. The van der Waals surface area contributed by atoms with Crippen LogP contribution in [0.1, 0.15) is 21.6 Å². The van der Waals surface area contributed by atoms with Crippen molar-refractivity contribution in [3.8, 4) is 0 Å². The van der Waals surface area contributed by atoms with Crippen molar-refractivity contribution in [1.29, 1.82) is 0 Å². The Balaban J connectivity index is 1.94. The van der Waals surface area contributed by atoms with Crippen LogP contribution < -0.4 is 5.32 Å². The summed E-state index contributed by atoms with van der Waals surface area (Å²) >= 11 is 0. The molecule has 2 heterocycles. The topological polar surface area (TPSA) is 62.2 Å². The molecule has 0 radical (unpaired) electrons. The summed E-state index contributed by atoms with van der Waals surface area (Å²) in [5.74, 6) is -0.289. The van der Waals surface area contributed by atoms with Crippen LogP contribution in [0.2, 0.25) is 0 Å². The molecule has 2 aromatic carbocycles. The fraction of sp³-hybridized carbons (Fsp3) is 0.0588. The number of aliphatic hydroxyl groups is 1. The molecule has 1 amide bonds. The van der Waals surface area contributed by atoms with Gasteiger partial charge in [0.15, 0.2) is 0 Å². The number of carbonyl (C=O) groups is 1. The number of pyridine rings is 1. The molecule has 4 heteroatoms. The van der Waals surface area contributed by atoms with Gasteiger partial charge in [0, 0.05) is 16.5 Å². The standard InChI is InChI=1S/C17H12N2O2/c20-16-12-6-2-3-7-13(12)17(21,19-16)15-10-9-11-5-1-4-8-14(11)18-15/h1-10,21H,(H,19,20)/t17-/m1/s1. The largest absolute Gasteiger partial charge is 0.362 e. The highest BCUT2D eigenvalue weighted by Gasteiger charge is 2.43. The molecule has 0 saturated carbocycles. The predicted molar refractivity (Wildman–Crippen MR) is 78.7 cm³/mol. The lowest BCUT2D eigenvalue weighted by Gasteiger charge is -2.23. The van der Waals surface area contributed by atoms with Gasteiger partial charge in [0.25, 0.3) is 5.91 Å². The molecule has 3 aromatic rings. The zero-order valence-corrected chi connectivity index (χ0v) is 11.1. The number of rotatable bonds is 1. The minimum atomic E-state index is -1.57. The zero-order valence-electron chi connectivity index (χ0n) is 11.1. The smallest absolute Gasteiger partial charge is 0.254 e. The summed E-state index contributed by atoms with van der Waals surface area (Å²) in [7, 11) is 0. The van der Waals surface area contributed by atoms with Gasteiger partial charge in [0.05, 0.1) is 11.2 Å². The highest BCUT2D eigenvalue weighted by atomic mass is 16.3. The highest BCUT2D eigenvalue weighted by Crippen LogP contribution is 2.34. The van der Waals surface area contributed by atoms with Crippen molar-refractivity contribution < 1.29 is 9.90 Å². The maximum Gasteiger partial charge on any atom is 0.254 e. The second-order valence-corrected chi connectivity index (χ2v) is 5.10. The molecule has 0 aliphatic carbocycles. The third-order valence-electron chi connectivity index (χ3n) is 3.83. The van der Waals surface area contributed by atoms with Crippen LogP contribution in [0.4, 0.5) is 0 Å². The number of nitrogens with zero attached hydrogens (tertiary/aromatic N) is 1. The highest BCUT2D eigenvalue weighted by molar-refractivity contribution is 6.00. The van der Waals surface area contributed by atoms with Crippen molar-refractivity contribution in [3.63, 3.8) is 0 Å². The molecule has 0 unspecified atom stereocenters. The van der Waals surface area contributed by atoms with Crippen molar-refractivity contribution in [2.75, 3.05) is 0 Å². The Labute approximate surface area is 121 Å². The molecule has 0 spiro atoms. The summed E-state index contributed by atoms with van der Waals surface area (Å²) in [6.45, 7) is 0. The molecule has 102 valence electrons. The third-order valence-corrected chi connectivity index (χ3v) is 3.83. The molecule has 21 heavy (non-hydrogen) atoms. The molecule has 1 atom stereocenters. The molecule has 0 bridgehead atoms. The van der Waals surface area contributed by atoms with Crippen molar-refractivity contribution >= 4 is 16.8 Å². The Hall–Kier alpha value is -2.72. The monoisotopic (exact) mass is 276 g/mol. The van der Waals surface area contributed by atoms with Crippen LogP contribution in [0.25, 0.3) is 10.9 Å². The summed E-state index contributed by atoms with van der Waals surface area (Å²) in [5, 5.41) is 14.6. The maximum absolute atomic E-state index is 12.0. The zero-order chi connectivity index (χ0) is 14.4. The third kappa shape index (κ3) is 1.66. The lowest BCUT2D eigenvalue weighted by molar-refractivity contribution is 0.0447. The molecule has 0 saturated heterocycles. The number of benzene rings is 2. The van der Waals surface area contributed by atoms with E-state index in [4.69, 9.17) is 0 Å². The van der Waals surface area contributed by atoms with E-state index in [0.717, 1.165) is 10.9 Å². The minimum Gasteiger partial charge on any atom is -0.362 e. The normalized spacial score (nSPS) is 20.3. The Morgan fingerprint density at radius 3 is 2.62 bits per heavy atom. The number of hydrogen-bond acceptors (Lipinski definition) is 3. The van der Waals surface area contributed by atoms with Crippen LogP contribution in [0.15, 0.2) is 60.7 Å². The molecule has 0 fully saturated rings. The van der Waals surface area contributed by atoms with Crippen LogP contribution in [0.5, 0.6) is 0 Å². The van der Waals surface area contributed by atoms with Gasteiger partial charge in [-0.05, 0) is 18.2 Å². The molecule has 4 nitrogen and oxygen atoms in total. The van der Waals surface area contributed by atoms with Crippen molar-refractivity contribution in [3.05, 3.63) is 77.5 Å². The van der Waals surface area contributed by atoms with Crippen molar-refractivity contribution in [1.82, 2.24) is 10.3 Å². The van der Waals surface area contributed by atoms with Gasteiger partial charge in [0.2, 0.25) is 5.72 Å². The average Bonchev–Trinajstić information content (AvgIpc) is 2.80. The second kappa shape index (κ2) is 4.14. The molecular weight excluding hydrogens is 264 g/mol. The Morgan fingerprint density at radius 2 is 1.71 bits per heavy atom. The SMILES string of the molecule is O=C1N[C@](O)(c2ccc3ccccc3n2)c2ccccc21. The van der Waals surface area contributed by atoms with Crippen molar-refractivity contribution in [2.45, 2.75) is 5.72 Å². The van der Waals surface area contributed by atoms with E-state index in [-0.39, 0.29) is 5.91 Å². The Morgan fingerprint density at radius 1 is 0.952 bits per heavy atom. The predicted octanol–water partition coefficient (Wildman–Crippen LogP) is 2.17. The summed E-state index contributed by atoms with van der Waals surface area (Å²) in [4.78, 5) is 16.5. The molecule has 1 aromatic heterocycles. The number of carbonyl (C=O) groups excluding carboxylic acids is 1. The fourth-order valence-electron chi connectivity index (χ4n) is 2.77. The van der Waals surface area contributed by atoms with Gasteiger partial charge in [-0.25, -0.2) is 4.98 Å². The van der Waals surface area contributed by atoms with E-state index in [9.17, 15) is 9.90 Å². The second-order valence-electron chi connectivity index (χ2n) is 5.10. The fourth-order valence-corrected chi connectivity index (χ4v) is 2.77. The van der Waals surface area contributed by atoms with E-state index in [1.807, 2.05) is 30.3 Å². The Bertz CT molecular complexity index is 875. The van der Waals surface area contributed by atoms with Crippen LogP contribution in [0, 0.1) is 0 Å². The van der Waals surface area contributed by atoms with Gasteiger partial charge in [-0.2, -0.15) is 0 Å². The van der Waals surface area contributed by atoms with E-state index in [1.54, 1.807) is 30.3 Å². The first kappa shape index (κ1) is 12.1. The molecule has 1 aliphatic rings.